The lowest BCUT2D eigenvalue weighted by Crippen LogP contribution is -1.92. The molecule has 124 valence electrons. The van der Waals surface area contributed by atoms with Gasteiger partial charge in [0.15, 0.2) is 5.88 Å². The Labute approximate surface area is 149 Å². The number of aromatic hydroxyl groups is 1. The summed E-state index contributed by atoms with van der Waals surface area (Å²) in [5.41, 5.74) is 2.46. The first-order valence-electron chi connectivity index (χ1n) is 7.41. The van der Waals surface area contributed by atoms with Crippen LogP contribution in [-0.4, -0.2) is 30.0 Å². The van der Waals surface area contributed by atoms with Gasteiger partial charge < -0.3 is 14.8 Å². The second kappa shape index (κ2) is 7.16. The quantitative estimate of drug-likeness (QED) is 0.637. The Morgan fingerprint density at radius 3 is 2.79 bits per heavy atom. The molecule has 0 amide bonds. The monoisotopic (exact) mass is 362 g/mol. The van der Waals surface area contributed by atoms with Gasteiger partial charge in [-0.1, -0.05) is 29.3 Å². The fourth-order valence-corrected chi connectivity index (χ4v) is 3.00. The molecular formula is C18H16Cl2N2O2. The Hall–Kier alpha value is -2.17. The summed E-state index contributed by atoms with van der Waals surface area (Å²) in [7, 11) is 1.61. The molecule has 2 aromatic carbocycles. The molecule has 0 saturated carbocycles. The van der Waals surface area contributed by atoms with Crippen molar-refractivity contribution in [2.75, 3.05) is 13.7 Å². The molecule has 0 spiro atoms. The van der Waals surface area contributed by atoms with Crippen molar-refractivity contribution in [3.05, 3.63) is 57.6 Å². The summed E-state index contributed by atoms with van der Waals surface area (Å²) < 4.78 is 5.23. The standard InChI is InChI=1S/C18H16Cl2N2O2/c1-24-13-4-5-17-14(9-13)15(18(23)22-17)10-21-7-6-11-2-3-12(19)8-16(11)20/h2-5,8-10,22-23H,6-7H2,1H3. The molecule has 0 aliphatic carbocycles. The number of aromatic nitrogens is 1. The van der Waals surface area contributed by atoms with Crippen molar-refractivity contribution in [1.29, 1.82) is 0 Å². The number of methoxy groups -OCH3 is 1. The van der Waals surface area contributed by atoms with Crippen LogP contribution in [0.25, 0.3) is 10.9 Å². The number of hydrogen-bond donors (Lipinski definition) is 2. The highest BCUT2D eigenvalue weighted by atomic mass is 35.5. The van der Waals surface area contributed by atoms with Gasteiger partial charge in [-0.3, -0.25) is 4.99 Å². The maximum Gasteiger partial charge on any atom is 0.198 e. The minimum atomic E-state index is 0.0894. The Morgan fingerprint density at radius 1 is 1.21 bits per heavy atom. The third kappa shape index (κ3) is 3.50. The van der Waals surface area contributed by atoms with E-state index in [1.54, 1.807) is 19.4 Å². The molecule has 0 fully saturated rings. The number of halogens is 2. The van der Waals surface area contributed by atoms with Crippen molar-refractivity contribution in [2.45, 2.75) is 6.42 Å². The lowest BCUT2D eigenvalue weighted by atomic mass is 10.1. The van der Waals surface area contributed by atoms with Gasteiger partial charge in [0.1, 0.15) is 5.75 Å². The van der Waals surface area contributed by atoms with Gasteiger partial charge in [-0.15, -0.1) is 0 Å². The van der Waals surface area contributed by atoms with Crippen LogP contribution in [0.3, 0.4) is 0 Å². The Kier molecular flexibility index (Phi) is 4.97. The molecule has 3 aromatic rings. The number of nitrogens with one attached hydrogen (secondary N) is 1. The molecule has 0 aliphatic heterocycles. The molecule has 0 unspecified atom stereocenters. The van der Waals surface area contributed by atoms with Crippen molar-refractivity contribution in [3.8, 4) is 11.6 Å². The topological polar surface area (TPSA) is 57.6 Å². The van der Waals surface area contributed by atoms with E-state index in [2.05, 4.69) is 9.98 Å². The minimum absolute atomic E-state index is 0.0894. The molecule has 4 nitrogen and oxygen atoms in total. The Bertz CT molecular complexity index is 903. The first kappa shape index (κ1) is 16.7. The summed E-state index contributed by atoms with van der Waals surface area (Å²) in [4.78, 5) is 7.33. The number of rotatable bonds is 5. The second-order valence-corrected chi connectivity index (χ2v) is 6.16. The summed E-state index contributed by atoms with van der Waals surface area (Å²) in [6.07, 6.45) is 2.36. The summed E-state index contributed by atoms with van der Waals surface area (Å²) in [5, 5.41) is 12.2. The minimum Gasteiger partial charge on any atom is -0.497 e. The third-order valence-corrected chi connectivity index (χ3v) is 4.36. The zero-order chi connectivity index (χ0) is 17.1. The summed E-state index contributed by atoms with van der Waals surface area (Å²) in [6, 6.07) is 11.0. The average Bonchev–Trinajstić information content (AvgIpc) is 2.88. The van der Waals surface area contributed by atoms with Crippen molar-refractivity contribution in [3.63, 3.8) is 0 Å². The number of fused-ring (bicyclic) bond motifs is 1. The molecule has 1 aromatic heterocycles. The predicted molar refractivity (Wildman–Crippen MR) is 99.1 cm³/mol. The van der Waals surface area contributed by atoms with Crippen LogP contribution >= 0.6 is 23.2 Å². The van der Waals surface area contributed by atoms with Gasteiger partial charge in [0.2, 0.25) is 0 Å². The summed E-state index contributed by atoms with van der Waals surface area (Å²) in [5.74, 6) is 0.815. The lowest BCUT2D eigenvalue weighted by Gasteiger charge is -2.02. The van der Waals surface area contributed by atoms with Crippen LogP contribution < -0.4 is 4.74 Å². The van der Waals surface area contributed by atoms with Crippen LogP contribution in [0, 0.1) is 0 Å². The van der Waals surface area contributed by atoms with Crippen LogP contribution in [0.5, 0.6) is 11.6 Å². The van der Waals surface area contributed by atoms with Crippen LogP contribution in [0.1, 0.15) is 11.1 Å². The molecule has 3 rings (SSSR count). The van der Waals surface area contributed by atoms with E-state index < -0.39 is 0 Å². The van der Waals surface area contributed by atoms with Gasteiger partial charge in [0.25, 0.3) is 0 Å². The van der Waals surface area contributed by atoms with Crippen molar-refractivity contribution in [1.82, 2.24) is 4.98 Å². The van der Waals surface area contributed by atoms with E-state index in [0.717, 1.165) is 22.2 Å². The number of ether oxygens (including phenoxy) is 1. The van der Waals surface area contributed by atoms with E-state index in [1.165, 1.54) is 0 Å². The number of aliphatic imine (C=N–C) groups is 1. The smallest absolute Gasteiger partial charge is 0.198 e. The van der Waals surface area contributed by atoms with Crippen LogP contribution in [0.4, 0.5) is 0 Å². The van der Waals surface area contributed by atoms with E-state index in [9.17, 15) is 5.11 Å². The molecule has 1 heterocycles. The normalized spacial score (nSPS) is 11.5. The summed E-state index contributed by atoms with van der Waals surface area (Å²) >= 11 is 12.0. The zero-order valence-electron chi connectivity index (χ0n) is 13.0. The SMILES string of the molecule is COc1ccc2[nH]c(O)c(C=NCCc3ccc(Cl)cc3Cl)c2c1. The number of aromatic amines is 1. The zero-order valence-corrected chi connectivity index (χ0v) is 14.5. The largest absolute Gasteiger partial charge is 0.497 e. The Balaban J connectivity index is 1.76. The van der Waals surface area contributed by atoms with Crippen molar-refractivity contribution >= 4 is 40.3 Å². The molecule has 24 heavy (non-hydrogen) atoms. The van der Waals surface area contributed by atoms with Gasteiger partial charge in [-0.25, -0.2) is 0 Å². The van der Waals surface area contributed by atoms with Gasteiger partial charge in [0, 0.05) is 33.7 Å². The van der Waals surface area contributed by atoms with Crippen LogP contribution in [0.15, 0.2) is 41.4 Å². The maximum atomic E-state index is 10.1. The maximum absolute atomic E-state index is 10.1. The van der Waals surface area contributed by atoms with E-state index >= 15 is 0 Å². The molecule has 2 N–H and O–H groups in total. The molecule has 0 bridgehead atoms. The number of nitrogens with zero attached hydrogens (tertiary/aromatic N) is 1. The van der Waals surface area contributed by atoms with E-state index in [1.807, 2.05) is 30.3 Å². The molecule has 0 aliphatic rings. The van der Waals surface area contributed by atoms with Gasteiger partial charge in [-0.05, 0) is 42.3 Å². The number of benzene rings is 2. The first-order chi connectivity index (χ1) is 11.6. The highest BCUT2D eigenvalue weighted by Crippen LogP contribution is 2.29. The van der Waals surface area contributed by atoms with Crippen molar-refractivity contribution in [2.24, 2.45) is 4.99 Å². The molecule has 0 saturated heterocycles. The molecule has 0 radical (unpaired) electrons. The van der Waals surface area contributed by atoms with Gasteiger partial charge in [-0.2, -0.15) is 0 Å². The predicted octanol–water partition coefficient (Wildman–Crippen LogP) is 4.85. The van der Waals surface area contributed by atoms with Crippen LogP contribution in [0.2, 0.25) is 10.0 Å². The van der Waals surface area contributed by atoms with E-state index in [0.29, 0.717) is 28.6 Å². The Morgan fingerprint density at radius 2 is 2.04 bits per heavy atom. The lowest BCUT2D eigenvalue weighted by molar-refractivity contribution is 0.415. The van der Waals surface area contributed by atoms with E-state index in [4.69, 9.17) is 27.9 Å². The molecular weight excluding hydrogens is 347 g/mol. The third-order valence-electron chi connectivity index (χ3n) is 3.77. The fourth-order valence-electron chi connectivity index (χ4n) is 2.50. The van der Waals surface area contributed by atoms with Gasteiger partial charge >= 0.3 is 0 Å². The number of hydrogen-bond acceptors (Lipinski definition) is 3. The second-order valence-electron chi connectivity index (χ2n) is 5.32. The highest BCUT2D eigenvalue weighted by Gasteiger charge is 2.09. The van der Waals surface area contributed by atoms with Crippen LogP contribution in [-0.2, 0) is 6.42 Å². The van der Waals surface area contributed by atoms with E-state index in [-0.39, 0.29) is 5.88 Å². The van der Waals surface area contributed by atoms with Crippen molar-refractivity contribution < 1.29 is 9.84 Å². The number of H-pyrrole nitrogens is 1. The molecule has 6 heteroatoms. The van der Waals surface area contributed by atoms with Gasteiger partial charge in [0.05, 0.1) is 12.7 Å². The highest BCUT2D eigenvalue weighted by molar-refractivity contribution is 6.35. The molecule has 0 atom stereocenters. The summed E-state index contributed by atoms with van der Waals surface area (Å²) in [6.45, 7) is 0.553. The average molecular weight is 363 g/mol. The fraction of sp³-hybridized carbons (Fsp3) is 0.167. The first-order valence-corrected chi connectivity index (χ1v) is 8.16.